The highest BCUT2D eigenvalue weighted by Crippen LogP contribution is 2.49. The van der Waals surface area contributed by atoms with E-state index in [1.807, 2.05) is 27.7 Å². The molecule has 0 fully saturated rings. The van der Waals surface area contributed by atoms with Gasteiger partial charge in [-0.25, -0.2) is 0 Å². The number of aryl methyl sites for hydroxylation is 1. The lowest BCUT2D eigenvalue weighted by Crippen LogP contribution is -2.42. The minimum Gasteiger partial charge on any atom is -0.492 e. The molecule has 5 heteroatoms. The summed E-state index contributed by atoms with van der Waals surface area (Å²) in [5, 5.41) is 15.6. The Kier molecular flexibility index (Phi) is 5.56. The molecular weight excluding hydrogens is 332 g/mol. The molecule has 1 aliphatic heterocycles. The lowest BCUT2D eigenvalue weighted by molar-refractivity contribution is -0.216. The molecule has 0 saturated heterocycles. The molecule has 0 saturated carbocycles. The zero-order valence-corrected chi connectivity index (χ0v) is 17.8. The Bertz CT molecular complexity index is 635. The fourth-order valence-electron chi connectivity index (χ4n) is 3.45. The minimum absolute atomic E-state index is 0.0741. The maximum Gasteiger partial charge on any atom is 0.122 e. The number of rotatable bonds is 5. The summed E-state index contributed by atoms with van der Waals surface area (Å²) in [6.45, 7) is 18.0. The summed E-state index contributed by atoms with van der Waals surface area (Å²) in [5.74, 6) is 0.868. The Morgan fingerprint density at radius 3 is 2.20 bits per heavy atom. The lowest BCUT2D eigenvalue weighted by atomic mass is 9.89. The molecule has 1 aromatic carbocycles. The highest BCUT2D eigenvalue weighted by atomic mass is 32.1. The SMILES string of the molecule is Cc1cc2c(cc1OCC(S)CNC(C)(C)C)C(C)(C)N(O)C2(C)C. The van der Waals surface area contributed by atoms with Crippen molar-refractivity contribution in [3.63, 3.8) is 0 Å². The van der Waals surface area contributed by atoms with Crippen LogP contribution in [0.1, 0.15) is 65.2 Å². The number of hydrogen-bond acceptors (Lipinski definition) is 5. The van der Waals surface area contributed by atoms with E-state index in [4.69, 9.17) is 4.74 Å². The molecule has 1 unspecified atom stereocenters. The van der Waals surface area contributed by atoms with Gasteiger partial charge in [0.2, 0.25) is 0 Å². The average molecular weight is 367 g/mol. The van der Waals surface area contributed by atoms with Crippen molar-refractivity contribution in [1.82, 2.24) is 10.4 Å². The van der Waals surface area contributed by atoms with Crippen LogP contribution in [0.15, 0.2) is 12.1 Å². The van der Waals surface area contributed by atoms with Gasteiger partial charge in [0.05, 0.1) is 11.1 Å². The maximum absolute atomic E-state index is 10.6. The van der Waals surface area contributed by atoms with Crippen LogP contribution in [0.25, 0.3) is 0 Å². The highest BCUT2D eigenvalue weighted by Gasteiger charge is 2.49. The summed E-state index contributed by atoms with van der Waals surface area (Å²) in [5.41, 5.74) is 2.57. The van der Waals surface area contributed by atoms with E-state index in [1.54, 1.807) is 0 Å². The first-order valence-corrected chi connectivity index (χ1v) is 9.49. The van der Waals surface area contributed by atoms with Crippen LogP contribution in [-0.2, 0) is 11.1 Å². The van der Waals surface area contributed by atoms with Crippen LogP contribution < -0.4 is 10.1 Å². The van der Waals surface area contributed by atoms with Crippen molar-refractivity contribution in [1.29, 1.82) is 0 Å². The number of nitrogens with one attached hydrogen (secondary N) is 1. The zero-order chi connectivity index (χ0) is 19.2. The molecule has 0 radical (unpaired) electrons. The lowest BCUT2D eigenvalue weighted by Gasteiger charge is -2.34. The smallest absolute Gasteiger partial charge is 0.122 e. The Balaban J connectivity index is 2.16. The van der Waals surface area contributed by atoms with Gasteiger partial charge in [0.15, 0.2) is 0 Å². The second-order valence-corrected chi connectivity index (χ2v) is 9.92. The Labute approximate surface area is 158 Å². The summed E-state index contributed by atoms with van der Waals surface area (Å²) in [6.07, 6.45) is 0. The maximum atomic E-state index is 10.6. The van der Waals surface area contributed by atoms with E-state index in [0.717, 1.165) is 29.0 Å². The number of benzene rings is 1. The monoisotopic (exact) mass is 366 g/mol. The summed E-state index contributed by atoms with van der Waals surface area (Å²) in [6, 6.07) is 4.23. The van der Waals surface area contributed by atoms with E-state index < -0.39 is 11.1 Å². The molecule has 2 N–H and O–H groups in total. The summed E-state index contributed by atoms with van der Waals surface area (Å²) >= 11 is 4.63. The van der Waals surface area contributed by atoms with Gasteiger partial charge >= 0.3 is 0 Å². The number of hydrogen-bond donors (Lipinski definition) is 3. The van der Waals surface area contributed by atoms with E-state index in [-0.39, 0.29) is 10.8 Å². The normalized spacial score (nSPS) is 20.4. The molecule has 0 bridgehead atoms. The predicted octanol–water partition coefficient (Wildman–Crippen LogP) is 4.24. The zero-order valence-electron chi connectivity index (χ0n) is 16.9. The molecule has 0 aromatic heterocycles. The Morgan fingerprint density at radius 1 is 1.16 bits per heavy atom. The van der Waals surface area contributed by atoms with E-state index in [1.165, 1.54) is 5.06 Å². The molecule has 1 atom stereocenters. The van der Waals surface area contributed by atoms with Crippen molar-refractivity contribution in [3.8, 4) is 5.75 Å². The Hall–Kier alpha value is -0.750. The summed E-state index contributed by atoms with van der Waals surface area (Å²) < 4.78 is 6.07. The second kappa shape index (κ2) is 6.76. The van der Waals surface area contributed by atoms with Gasteiger partial charge in [0, 0.05) is 17.3 Å². The fraction of sp³-hybridized carbons (Fsp3) is 0.700. The molecule has 1 aromatic rings. The van der Waals surface area contributed by atoms with Crippen LogP contribution in [0.3, 0.4) is 0 Å². The molecule has 0 aliphatic carbocycles. The van der Waals surface area contributed by atoms with Crippen LogP contribution in [-0.4, -0.2) is 34.2 Å². The van der Waals surface area contributed by atoms with Crippen LogP contribution in [0, 0.1) is 6.92 Å². The molecule has 0 amide bonds. The third-order valence-corrected chi connectivity index (χ3v) is 5.32. The Morgan fingerprint density at radius 2 is 1.68 bits per heavy atom. The van der Waals surface area contributed by atoms with Gasteiger partial charge in [-0.15, -0.1) is 0 Å². The first-order valence-electron chi connectivity index (χ1n) is 8.97. The molecule has 1 aliphatic rings. The molecule has 0 spiro atoms. The van der Waals surface area contributed by atoms with E-state index >= 15 is 0 Å². The molecule has 1 heterocycles. The van der Waals surface area contributed by atoms with Crippen molar-refractivity contribution in [3.05, 3.63) is 28.8 Å². The molecular formula is C20H34N2O2S. The molecule has 25 heavy (non-hydrogen) atoms. The summed E-state index contributed by atoms with van der Waals surface area (Å²) in [4.78, 5) is 0. The number of hydroxylamine groups is 2. The first kappa shape index (κ1) is 20.6. The van der Waals surface area contributed by atoms with Crippen LogP contribution >= 0.6 is 12.6 Å². The van der Waals surface area contributed by atoms with Gasteiger partial charge < -0.3 is 15.3 Å². The third kappa shape index (κ3) is 4.16. The van der Waals surface area contributed by atoms with Crippen LogP contribution in [0.5, 0.6) is 5.75 Å². The molecule has 4 nitrogen and oxygen atoms in total. The van der Waals surface area contributed by atoms with Crippen LogP contribution in [0.2, 0.25) is 0 Å². The number of fused-ring (bicyclic) bond motifs is 1. The van der Waals surface area contributed by atoms with Crippen molar-refractivity contribution < 1.29 is 9.94 Å². The van der Waals surface area contributed by atoms with E-state index in [0.29, 0.717) is 6.61 Å². The first-order chi connectivity index (χ1) is 11.3. The quantitative estimate of drug-likeness (QED) is 0.682. The molecule has 142 valence electrons. The van der Waals surface area contributed by atoms with Gasteiger partial charge in [-0.3, -0.25) is 0 Å². The minimum atomic E-state index is -0.446. The van der Waals surface area contributed by atoms with Gasteiger partial charge in [-0.2, -0.15) is 17.7 Å². The van der Waals surface area contributed by atoms with E-state index in [9.17, 15) is 5.21 Å². The van der Waals surface area contributed by atoms with E-state index in [2.05, 4.69) is 57.8 Å². The number of thiol groups is 1. The van der Waals surface area contributed by atoms with Gasteiger partial charge in [-0.1, -0.05) is 6.07 Å². The van der Waals surface area contributed by atoms with Crippen molar-refractivity contribution in [2.24, 2.45) is 0 Å². The van der Waals surface area contributed by atoms with Crippen molar-refractivity contribution >= 4 is 12.6 Å². The standard InChI is InChI=1S/C20H34N2O2S/c1-13-9-15-16(20(7,8)22(23)19(15,5)6)10-17(13)24-12-14(25)11-21-18(2,3)4/h9-10,14,21,23,25H,11-12H2,1-8H3. The topological polar surface area (TPSA) is 44.7 Å². The predicted molar refractivity (Wildman–Crippen MR) is 107 cm³/mol. The fourth-order valence-corrected chi connectivity index (χ4v) is 3.62. The van der Waals surface area contributed by atoms with Crippen molar-refractivity contribution in [2.75, 3.05) is 13.2 Å². The second-order valence-electron chi connectivity index (χ2n) is 9.19. The number of ether oxygens (including phenoxy) is 1. The van der Waals surface area contributed by atoms with Gasteiger partial charge in [0.1, 0.15) is 12.4 Å². The third-order valence-electron chi connectivity index (χ3n) is 4.99. The number of nitrogens with zero attached hydrogens (tertiary/aromatic N) is 1. The highest BCUT2D eigenvalue weighted by molar-refractivity contribution is 7.81. The summed E-state index contributed by atoms with van der Waals surface area (Å²) in [7, 11) is 0. The van der Waals surface area contributed by atoms with Crippen molar-refractivity contribution in [2.45, 2.75) is 77.3 Å². The largest absolute Gasteiger partial charge is 0.492 e. The average Bonchev–Trinajstić information content (AvgIpc) is 2.61. The van der Waals surface area contributed by atoms with Crippen LogP contribution in [0.4, 0.5) is 0 Å². The molecule has 2 rings (SSSR count). The van der Waals surface area contributed by atoms with Gasteiger partial charge in [-0.05, 0) is 78.1 Å². The van der Waals surface area contributed by atoms with Gasteiger partial charge in [0.25, 0.3) is 0 Å².